The van der Waals surface area contributed by atoms with Gasteiger partial charge in [-0.05, 0) is 36.9 Å². The highest BCUT2D eigenvalue weighted by Gasteiger charge is 2.40. The Bertz CT molecular complexity index is 1460. The Morgan fingerprint density at radius 2 is 1.77 bits per heavy atom. The van der Waals surface area contributed by atoms with E-state index in [-0.39, 0.29) is 5.78 Å². The number of likely N-dealkylation sites (N-methyl/N-ethyl adjacent to an activating group) is 1. The van der Waals surface area contributed by atoms with Crippen molar-refractivity contribution in [3.8, 4) is 17.5 Å². The molecule has 1 aliphatic heterocycles. The van der Waals surface area contributed by atoms with Crippen LogP contribution in [0.5, 0.6) is 0 Å². The van der Waals surface area contributed by atoms with E-state index in [2.05, 4.69) is 85.0 Å². The fourth-order valence-electron chi connectivity index (χ4n) is 5.20. The Balaban J connectivity index is 1.65. The van der Waals surface area contributed by atoms with Gasteiger partial charge in [0.05, 0.1) is 16.8 Å². The van der Waals surface area contributed by atoms with E-state index >= 15 is 0 Å². The molecule has 0 radical (unpaired) electrons. The third kappa shape index (κ3) is 3.97. The number of aromatic nitrogens is 1. The molecule has 0 atom stereocenters. The van der Waals surface area contributed by atoms with Crippen molar-refractivity contribution in [3.05, 3.63) is 63.8 Å². The van der Waals surface area contributed by atoms with E-state index in [1.165, 1.54) is 0 Å². The van der Waals surface area contributed by atoms with Crippen LogP contribution < -0.4 is 4.90 Å². The number of carbonyl (C=O) groups is 1. The van der Waals surface area contributed by atoms with Crippen LogP contribution in [0.3, 0.4) is 0 Å². The number of nitriles is 1. The smallest absolute Gasteiger partial charge is 0.195 e. The molecule has 178 valence electrons. The van der Waals surface area contributed by atoms with Gasteiger partial charge in [-0.25, -0.2) is 0 Å². The largest absolute Gasteiger partial charge is 0.368 e. The molecular weight excluding hydrogens is 448 g/mol. The number of aromatic amines is 1. The van der Waals surface area contributed by atoms with E-state index in [0.29, 0.717) is 11.1 Å². The number of anilines is 1. The van der Waals surface area contributed by atoms with Crippen molar-refractivity contribution in [1.82, 2.24) is 9.88 Å². The first kappa shape index (κ1) is 23.4. The van der Waals surface area contributed by atoms with Gasteiger partial charge in [0.25, 0.3) is 0 Å². The Hall–Kier alpha value is -3.32. The molecule has 5 rings (SSSR count). The molecule has 2 aliphatic rings. The molecule has 0 unspecified atom stereocenters. The quantitative estimate of drug-likeness (QED) is 0.398. The normalized spacial score (nSPS) is 17.4. The summed E-state index contributed by atoms with van der Waals surface area (Å²) < 4.78 is 0. The first-order valence-corrected chi connectivity index (χ1v) is 15.8. The molecule has 0 spiro atoms. The van der Waals surface area contributed by atoms with Crippen molar-refractivity contribution in [2.45, 2.75) is 38.9 Å². The van der Waals surface area contributed by atoms with Crippen LogP contribution in [0.15, 0.2) is 30.3 Å². The fraction of sp³-hybridized carbons (Fsp3) is 0.379. The summed E-state index contributed by atoms with van der Waals surface area (Å²) in [6.45, 7) is 14.7. The van der Waals surface area contributed by atoms with Crippen molar-refractivity contribution < 1.29 is 4.79 Å². The van der Waals surface area contributed by atoms with E-state index < -0.39 is 13.5 Å². The number of nitrogens with one attached hydrogen (secondary N) is 1. The van der Waals surface area contributed by atoms with E-state index in [1.54, 1.807) is 0 Å². The Morgan fingerprint density at radius 1 is 1.06 bits per heavy atom. The van der Waals surface area contributed by atoms with Gasteiger partial charge >= 0.3 is 0 Å². The number of ketones is 1. The minimum absolute atomic E-state index is 0.0112. The van der Waals surface area contributed by atoms with Crippen LogP contribution in [-0.2, 0) is 5.41 Å². The molecule has 5 nitrogen and oxygen atoms in total. The number of H-pyrrole nitrogens is 1. The van der Waals surface area contributed by atoms with E-state index in [0.717, 1.165) is 65.2 Å². The predicted octanol–water partition coefficient (Wildman–Crippen LogP) is 4.89. The third-order valence-corrected chi connectivity index (χ3v) is 8.13. The Labute approximate surface area is 208 Å². The number of carbonyl (C=O) groups excluding carboxylic acids is 1. The average molecular weight is 481 g/mol. The monoisotopic (exact) mass is 480 g/mol. The number of hydrogen-bond acceptors (Lipinski definition) is 4. The van der Waals surface area contributed by atoms with Crippen molar-refractivity contribution in [2.24, 2.45) is 0 Å². The van der Waals surface area contributed by atoms with Crippen LogP contribution in [0.4, 0.5) is 5.69 Å². The van der Waals surface area contributed by atoms with Crippen molar-refractivity contribution in [3.63, 3.8) is 0 Å². The average Bonchev–Trinajstić information content (AvgIpc) is 3.21. The van der Waals surface area contributed by atoms with Gasteiger partial charge in [0.1, 0.15) is 14.1 Å². The molecule has 1 aromatic heterocycles. The maximum Gasteiger partial charge on any atom is 0.195 e. The number of piperazine rings is 1. The molecule has 0 amide bonds. The summed E-state index contributed by atoms with van der Waals surface area (Å²) in [4.78, 5) is 22.0. The zero-order valence-electron chi connectivity index (χ0n) is 21.5. The zero-order chi connectivity index (χ0) is 25.1. The maximum absolute atomic E-state index is 13.8. The van der Waals surface area contributed by atoms with Crippen LogP contribution in [0.1, 0.15) is 52.2 Å². The zero-order valence-corrected chi connectivity index (χ0v) is 22.5. The fourth-order valence-corrected chi connectivity index (χ4v) is 5.72. The molecule has 35 heavy (non-hydrogen) atoms. The lowest BCUT2D eigenvalue weighted by Crippen LogP contribution is -2.45. The standard InChI is InChI=1S/C29H32N4OSi/c1-29(2)23-17-25(33-12-10-32(3)11-13-33)20(18-30)16-22(23)27(34)26-21-8-7-19(9-14-35(4,5)6)15-24(21)31-28(26)29/h7-8,15-17,31H,10-13H2,1-6H3. The summed E-state index contributed by atoms with van der Waals surface area (Å²) in [5.74, 6) is 3.32. The molecule has 1 fully saturated rings. The van der Waals surface area contributed by atoms with Gasteiger partial charge < -0.3 is 14.8 Å². The first-order valence-electron chi connectivity index (χ1n) is 12.3. The third-order valence-electron chi connectivity index (χ3n) is 7.25. The highest BCUT2D eigenvalue weighted by Crippen LogP contribution is 2.45. The van der Waals surface area contributed by atoms with E-state index in [9.17, 15) is 10.1 Å². The summed E-state index contributed by atoms with van der Waals surface area (Å²) in [6, 6.07) is 12.4. The lowest BCUT2D eigenvalue weighted by Gasteiger charge is -2.37. The minimum atomic E-state index is -1.49. The summed E-state index contributed by atoms with van der Waals surface area (Å²) in [7, 11) is 0.636. The number of benzene rings is 2. The van der Waals surface area contributed by atoms with Crippen LogP contribution in [-0.4, -0.2) is 57.0 Å². The van der Waals surface area contributed by atoms with Crippen LogP contribution in [0, 0.1) is 22.8 Å². The predicted molar refractivity (Wildman–Crippen MR) is 145 cm³/mol. The molecule has 2 aromatic carbocycles. The molecule has 0 bridgehead atoms. The SMILES string of the molecule is CN1CCN(c2cc3c(cc2C#N)C(=O)c2c([nH]c4cc(C#C[Si](C)(C)C)ccc24)C3(C)C)CC1. The summed E-state index contributed by atoms with van der Waals surface area (Å²) >= 11 is 0. The summed E-state index contributed by atoms with van der Waals surface area (Å²) in [5, 5.41) is 10.9. The maximum atomic E-state index is 13.8. The van der Waals surface area contributed by atoms with Crippen molar-refractivity contribution in [1.29, 1.82) is 5.26 Å². The van der Waals surface area contributed by atoms with Crippen LogP contribution >= 0.6 is 0 Å². The lowest BCUT2D eigenvalue weighted by atomic mass is 9.70. The summed E-state index contributed by atoms with van der Waals surface area (Å²) in [6.07, 6.45) is 0. The van der Waals surface area contributed by atoms with Crippen molar-refractivity contribution >= 4 is 30.4 Å². The van der Waals surface area contributed by atoms with Crippen LogP contribution in [0.2, 0.25) is 19.6 Å². The molecule has 1 N–H and O–H groups in total. The lowest BCUT2D eigenvalue weighted by molar-refractivity contribution is 0.103. The second-order valence-electron chi connectivity index (χ2n) is 11.4. The highest BCUT2D eigenvalue weighted by atomic mass is 28.3. The number of nitrogens with zero attached hydrogens (tertiary/aromatic N) is 3. The topological polar surface area (TPSA) is 63.1 Å². The van der Waals surface area contributed by atoms with Crippen LogP contribution in [0.25, 0.3) is 10.9 Å². The van der Waals surface area contributed by atoms with Gasteiger partial charge in [0, 0.05) is 59.3 Å². The van der Waals surface area contributed by atoms with Gasteiger partial charge in [-0.3, -0.25) is 4.79 Å². The molecule has 2 heterocycles. The van der Waals surface area contributed by atoms with Gasteiger partial charge in [0.2, 0.25) is 0 Å². The Morgan fingerprint density at radius 3 is 2.43 bits per heavy atom. The molecule has 0 saturated carbocycles. The van der Waals surface area contributed by atoms with Gasteiger partial charge in [-0.2, -0.15) is 5.26 Å². The number of fused-ring (bicyclic) bond motifs is 4. The second-order valence-corrected chi connectivity index (χ2v) is 16.2. The molecule has 1 saturated heterocycles. The highest BCUT2D eigenvalue weighted by molar-refractivity contribution is 6.83. The number of rotatable bonds is 1. The minimum Gasteiger partial charge on any atom is -0.368 e. The first-order chi connectivity index (χ1) is 16.5. The second kappa shape index (κ2) is 8.12. The number of hydrogen-bond donors (Lipinski definition) is 1. The van der Waals surface area contributed by atoms with Gasteiger partial charge in [-0.15, -0.1) is 5.54 Å². The van der Waals surface area contributed by atoms with E-state index in [4.69, 9.17) is 0 Å². The van der Waals surface area contributed by atoms with Crippen molar-refractivity contribution in [2.75, 3.05) is 38.1 Å². The summed E-state index contributed by atoms with van der Waals surface area (Å²) in [5.41, 5.74) is 9.71. The molecule has 1 aliphatic carbocycles. The van der Waals surface area contributed by atoms with Gasteiger partial charge in [-0.1, -0.05) is 45.5 Å². The molecule has 3 aromatic rings. The van der Waals surface area contributed by atoms with Gasteiger partial charge in [0.15, 0.2) is 5.78 Å². The van der Waals surface area contributed by atoms with E-state index in [1.807, 2.05) is 18.2 Å². The molecular formula is C29H32N4OSi. The molecule has 6 heteroatoms. The Kier molecular flexibility index (Phi) is 5.43.